The lowest BCUT2D eigenvalue weighted by molar-refractivity contribution is -0.142. The second-order valence-electron chi connectivity index (χ2n) is 4.90. The minimum atomic E-state index is 0. The van der Waals surface area contributed by atoms with E-state index in [2.05, 4.69) is 24.1 Å². The highest BCUT2D eigenvalue weighted by atomic mass is 35.5. The molecule has 2 fully saturated rings. The average molecular weight is 263 g/mol. The van der Waals surface area contributed by atoms with Crippen LogP contribution in [-0.2, 0) is 9.53 Å². The molecule has 17 heavy (non-hydrogen) atoms. The Morgan fingerprint density at radius 3 is 2.59 bits per heavy atom. The summed E-state index contributed by atoms with van der Waals surface area (Å²) in [7, 11) is 0. The topological polar surface area (TPSA) is 41.6 Å². The van der Waals surface area contributed by atoms with Gasteiger partial charge in [0, 0.05) is 44.3 Å². The van der Waals surface area contributed by atoms with Crippen molar-refractivity contribution in [3.8, 4) is 0 Å². The van der Waals surface area contributed by atoms with Crippen molar-refractivity contribution in [2.45, 2.75) is 38.8 Å². The first-order valence-corrected chi connectivity index (χ1v) is 6.31. The van der Waals surface area contributed by atoms with Crippen LogP contribution in [0.25, 0.3) is 0 Å². The summed E-state index contributed by atoms with van der Waals surface area (Å²) in [6, 6.07) is 0.710. The maximum absolute atomic E-state index is 12.4. The van der Waals surface area contributed by atoms with Crippen molar-refractivity contribution in [2.24, 2.45) is 5.92 Å². The van der Waals surface area contributed by atoms with Crippen LogP contribution in [0.1, 0.15) is 26.7 Å². The van der Waals surface area contributed by atoms with E-state index in [9.17, 15) is 4.79 Å². The van der Waals surface area contributed by atoms with Crippen LogP contribution in [0.4, 0.5) is 0 Å². The van der Waals surface area contributed by atoms with E-state index in [4.69, 9.17) is 4.74 Å². The van der Waals surface area contributed by atoms with E-state index in [1.165, 1.54) is 0 Å². The standard InChI is InChI=1S/C12H22N2O2.ClH/c1-9-10(2)14(6-5-13-9)12(15)11-3-7-16-8-4-11;/h9-11,13H,3-8H2,1-2H3;1H. The maximum Gasteiger partial charge on any atom is 0.226 e. The fourth-order valence-electron chi connectivity index (χ4n) is 2.55. The molecule has 0 aliphatic carbocycles. The Bertz CT molecular complexity index is 257. The number of nitrogens with zero attached hydrogens (tertiary/aromatic N) is 1. The summed E-state index contributed by atoms with van der Waals surface area (Å²) < 4.78 is 5.30. The van der Waals surface area contributed by atoms with Crippen molar-refractivity contribution >= 4 is 18.3 Å². The third-order valence-electron chi connectivity index (χ3n) is 3.89. The second-order valence-corrected chi connectivity index (χ2v) is 4.90. The molecule has 2 aliphatic heterocycles. The number of carbonyl (C=O) groups is 1. The van der Waals surface area contributed by atoms with E-state index < -0.39 is 0 Å². The molecule has 0 aromatic carbocycles. The van der Waals surface area contributed by atoms with Gasteiger partial charge in [-0.05, 0) is 26.7 Å². The summed E-state index contributed by atoms with van der Waals surface area (Å²) in [5.41, 5.74) is 0. The van der Waals surface area contributed by atoms with Crippen LogP contribution in [0.2, 0.25) is 0 Å². The lowest BCUT2D eigenvalue weighted by atomic mass is 9.96. The van der Waals surface area contributed by atoms with Crippen molar-refractivity contribution in [3.05, 3.63) is 0 Å². The zero-order valence-corrected chi connectivity index (χ0v) is 11.5. The maximum atomic E-state index is 12.4. The van der Waals surface area contributed by atoms with E-state index in [1.54, 1.807) is 0 Å². The van der Waals surface area contributed by atoms with Gasteiger partial charge in [-0.3, -0.25) is 4.79 Å². The van der Waals surface area contributed by atoms with Gasteiger partial charge in [0.2, 0.25) is 5.91 Å². The van der Waals surface area contributed by atoms with Crippen LogP contribution in [0.3, 0.4) is 0 Å². The monoisotopic (exact) mass is 262 g/mol. The fraction of sp³-hybridized carbons (Fsp3) is 0.917. The number of rotatable bonds is 1. The summed E-state index contributed by atoms with van der Waals surface area (Å²) in [5.74, 6) is 0.533. The number of hydrogen-bond acceptors (Lipinski definition) is 3. The Labute approximate surface area is 109 Å². The summed E-state index contributed by atoms with van der Waals surface area (Å²) in [6.07, 6.45) is 1.79. The van der Waals surface area contributed by atoms with Crippen LogP contribution in [0.5, 0.6) is 0 Å². The van der Waals surface area contributed by atoms with Gasteiger partial charge in [0.05, 0.1) is 0 Å². The summed E-state index contributed by atoms with van der Waals surface area (Å²) in [4.78, 5) is 14.4. The molecule has 0 bridgehead atoms. The van der Waals surface area contributed by atoms with Gasteiger partial charge in [-0.15, -0.1) is 12.4 Å². The van der Waals surface area contributed by atoms with Crippen molar-refractivity contribution in [2.75, 3.05) is 26.3 Å². The van der Waals surface area contributed by atoms with Crippen LogP contribution in [0, 0.1) is 5.92 Å². The summed E-state index contributed by atoms with van der Waals surface area (Å²) in [6.45, 7) is 7.53. The second kappa shape index (κ2) is 6.57. The molecule has 2 rings (SSSR count). The number of ether oxygens (including phenoxy) is 1. The first-order valence-electron chi connectivity index (χ1n) is 6.31. The number of carbonyl (C=O) groups excluding carboxylic acids is 1. The van der Waals surface area contributed by atoms with Crippen molar-refractivity contribution in [1.29, 1.82) is 0 Å². The highest BCUT2D eigenvalue weighted by Gasteiger charge is 2.32. The average Bonchev–Trinajstić information content (AvgIpc) is 2.33. The molecule has 4 nitrogen and oxygen atoms in total. The molecule has 0 aromatic heterocycles. The minimum Gasteiger partial charge on any atom is -0.381 e. The summed E-state index contributed by atoms with van der Waals surface area (Å²) in [5, 5.41) is 3.40. The Hall–Kier alpha value is -0.320. The Morgan fingerprint density at radius 1 is 1.29 bits per heavy atom. The molecule has 5 heteroatoms. The molecule has 0 spiro atoms. The lowest BCUT2D eigenvalue weighted by Crippen LogP contribution is -2.58. The molecule has 100 valence electrons. The van der Waals surface area contributed by atoms with Gasteiger partial charge in [-0.2, -0.15) is 0 Å². The van der Waals surface area contributed by atoms with Gasteiger partial charge in [-0.25, -0.2) is 0 Å². The van der Waals surface area contributed by atoms with Gasteiger partial charge in [0.1, 0.15) is 0 Å². The smallest absolute Gasteiger partial charge is 0.226 e. The van der Waals surface area contributed by atoms with Crippen LogP contribution < -0.4 is 5.32 Å². The first kappa shape index (κ1) is 14.7. The molecule has 2 unspecified atom stereocenters. The third-order valence-corrected chi connectivity index (χ3v) is 3.89. The number of halogens is 1. The third kappa shape index (κ3) is 3.33. The van der Waals surface area contributed by atoms with Crippen LogP contribution in [0.15, 0.2) is 0 Å². The number of hydrogen-bond donors (Lipinski definition) is 1. The van der Waals surface area contributed by atoms with Crippen LogP contribution >= 0.6 is 12.4 Å². The normalized spacial score (nSPS) is 30.8. The van der Waals surface area contributed by atoms with E-state index in [-0.39, 0.29) is 18.3 Å². The van der Waals surface area contributed by atoms with E-state index in [0.717, 1.165) is 39.1 Å². The van der Waals surface area contributed by atoms with E-state index in [0.29, 0.717) is 18.0 Å². The van der Waals surface area contributed by atoms with Crippen molar-refractivity contribution in [1.82, 2.24) is 10.2 Å². The van der Waals surface area contributed by atoms with E-state index >= 15 is 0 Å². The Kier molecular flexibility index (Phi) is 5.70. The Morgan fingerprint density at radius 2 is 1.94 bits per heavy atom. The lowest BCUT2D eigenvalue weighted by Gasteiger charge is -2.40. The highest BCUT2D eigenvalue weighted by Crippen LogP contribution is 2.20. The molecule has 0 radical (unpaired) electrons. The molecule has 2 atom stereocenters. The number of amides is 1. The number of nitrogens with one attached hydrogen (secondary N) is 1. The van der Waals surface area contributed by atoms with E-state index in [1.807, 2.05) is 0 Å². The predicted octanol–water partition coefficient (Wildman–Crippen LogP) is 1.04. The molecule has 1 N–H and O–H groups in total. The Balaban J connectivity index is 0.00000144. The molecule has 2 heterocycles. The molecular weight excluding hydrogens is 240 g/mol. The zero-order valence-electron chi connectivity index (χ0n) is 10.6. The van der Waals surface area contributed by atoms with Crippen LogP contribution in [-0.4, -0.2) is 49.2 Å². The molecule has 2 saturated heterocycles. The van der Waals surface area contributed by atoms with Gasteiger partial charge in [-0.1, -0.05) is 0 Å². The molecule has 1 amide bonds. The minimum absolute atomic E-state index is 0. The van der Waals surface area contributed by atoms with Crippen molar-refractivity contribution < 1.29 is 9.53 Å². The van der Waals surface area contributed by atoms with Gasteiger partial charge >= 0.3 is 0 Å². The molecule has 0 aromatic rings. The predicted molar refractivity (Wildman–Crippen MR) is 69.4 cm³/mol. The van der Waals surface area contributed by atoms with Crippen molar-refractivity contribution in [3.63, 3.8) is 0 Å². The first-order chi connectivity index (χ1) is 7.70. The number of piperazine rings is 1. The molecule has 2 aliphatic rings. The molecular formula is C12H23ClN2O2. The highest BCUT2D eigenvalue weighted by molar-refractivity contribution is 5.85. The molecule has 0 saturated carbocycles. The zero-order chi connectivity index (χ0) is 11.5. The van der Waals surface area contributed by atoms with Gasteiger partial charge < -0.3 is 15.0 Å². The van der Waals surface area contributed by atoms with Gasteiger partial charge in [0.25, 0.3) is 0 Å². The fourth-order valence-corrected chi connectivity index (χ4v) is 2.55. The summed E-state index contributed by atoms with van der Waals surface area (Å²) >= 11 is 0. The SMILES string of the molecule is CC1NCCN(C(=O)C2CCOCC2)C1C.Cl. The van der Waals surface area contributed by atoms with Gasteiger partial charge in [0.15, 0.2) is 0 Å². The largest absolute Gasteiger partial charge is 0.381 e. The quantitative estimate of drug-likeness (QED) is 0.768.